The first kappa shape index (κ1) is 12.0. The Bertz CT molecular complexity index is 380. The van der Waals surface area contributed by atoms with E-state index in [-0.39, 0.29) is 5.91 Å². The van der Waals surface area contributed by atoms with Crippen LogP contribution in [0.1, 0.15) is 18.2 Å². The van der Waals surface area contributed by atoms with Gasteiger partial charge in [-0.15, -0.1) is 0 Å². The van der Waals surface area contributed by atoms with Crippen LogP contribution in [0.25, 0.3) is 0 Å². The van der Waals surface area contributed by atoms with Crippen LogP contribution in [-0.2, 0) is 11.3 Å². The number of halogens is 1. The zero-order valence-electron chi connectivity index (χ0n) is 8.93. The molecule has 4 nitrogen and oxygen atoms in total. The molecule has 0 fully saturated rings. The molecule has 0 unspecified atom stereocenters. The molecule has 1 aromatic rings. The summed E-state index contributed by atoms with van der Waals surface area (Å²) in [5, 5.41) is 2.69. The molecule has 0 aliphatic rings. The van der Waals surface area contributed by atoms with Crippen LogP contribution in [0.2, 0.25) is 0 Å². The summed E-state index contributed by atoms with van der Waals surface area (Å²) in [6.45, 7) is 3.84. The monoisotopic (exact) mass is 272 g/mol. The third-order valence-electron chi connectivity index (χ3n) is 1.87. The minimum absolute atomic E-state index is 0.0728. The van der Waals surface area contributed by atoms with Crippen molar-refractivity contribution in [3.8, 4) is 5.88 Å². The molecule has 1 heterocycles. The Morgan fingerprint density at radius 1 is 1.67 bits per heavy atom. The number of nitrogens with zero attached hydrogens (tertiary/aromatic N) is 1. The highest BCUT2D eigenvalue weighted by Crippen LogP contribution is 2.26. The van der Waals surface area contributed by atoms with Crippen molar-refractivity contribution in [3.63, 3.8) is 0 Å². The summed E-state index contributed by atoms with van der Waals surface area (Å²) >= 11 is 3.38. The smallest absolute Gasteiger partial charge is 0.228 e. The van der Waals surface area contributed by atoms with Crippen molar-refractivity contribution >= 4 is 21.8 Å². The van der Waals surface area contributed by atoms with Gasteiger partial charge in [0.25, 0.3) is 0 Å². The largest absolute Gasteiger partial charge is 0.480 e. The molecule has 15 heavy (non-hydrogen) atoms. The van der Waals surface area contributed by atoms with Crippen molar-refractivity contribution < 1.29 is 9.53 Å². The summed E-state index contributed by atoms with van der Waals surface area (Å²) in [4.78, 5) is 15.0. The van der Waals surface area contributed by atoms with Crippen LogP contribution in [0.5, 0.6) is 5.88 Å². The third-order valence-corrected chi connectivity index (χ3v) is 2.84. The number of nitrogens with one attached hydrogen (secondary N) is 1. The topological polar surface area (TPSA) is 51.2 Å². The molecule has 5 heteroatoms. The van der Waals surface area contributed by atoms with Crippen LogP contribution in [-0.4, -0.2) is 18.0 Å². The molecular weight excluding hydrogens is 260 g/mol. The van der Waals surface area contributed by atoms with Gasteiger partial charge in [0.2, 0.25) is 11.8 Å². The zero-order chi connectivity index (χ0) is 11.4. The molecule has 0 aromatic carbocycles. The Morgan fingerprint density at radius 2 is 2.33 bits per heavy atom. The minimum atomic E-state index is -0.0728. The molecule has 1 N–H and O–H groups in total. The quantitative estimate of drug-likeness (QED) is 0.913. The number of aryl methyl sites for hydroxylation is 1. The molecule has 0 bridgehead atoms. The molecule has 0 aliphatic carbocycles. The van der Waals surface area contributed by atoms with Gasteiger partial charge in [-0.3, -0.25) is 4.79 Å². The zero-order valence-corrected chi connectivity index (χ0v) is 10.5. The number of methoxy groups -OCH3 is 1. The second-order valence-electron chi connectivity index (χ2n) is 3.16. The van der Waals surface area contributed by atoms with Crippen molar-refractivity contribution in [2.45, 2.75) is 20.4 Å². The van der Waals surface area contributed by atoms with E-state index in [1.165, 1.54) is 6.92 Å². The number of hydrogen-bond donors (Lipinski definition) is 1. The fraction of sp³-hybridized carbons (Fsp3) is 0.400. The lowest BCUT2D eigenvalue weighted by Gasteiger charge is -2.08. The standard InChI is InChI=1S/C10H13BrN2O2/c1-6-4-8(5-12-7(2)14)13-10(15-3)9(6)11/h4H,5H2,1-3H3,(H,12,14). The Morgan fingerprint density at radius 3 is 2.87 bits per heavy atom. The van der Waals surface area contributed by atoms with E-state index < -0.39 is 0 Å². The molecule has 0 saturated heterocycles. The molecule has 1 amide bonds. The predicted octanol–water partition coefficient (Wildman–Crippen LogP) is 1.80. The first-order valence-corrected chi connectivity index (χ1v) is 5.28. The van der Waals surface area contributed by atoms with Gasteiger partial charge in [0, 0.05) is 6.92 Å². The van der Waals surface area contributed by atoms with Gasteiger partial charge in [-0.05, 0) is 34.5 Å². The third kappa shape index (κ3) is 3.20. The number of pyridine rings is 1. The van der Waals surface area contributed by atoms with Gasteiger partial charge in [0.05, 0.1) is 23.8 Å². The summed E-state index contributed by atoms with van der Waals surface area (Å²) in [7, 11) is 1.56. The highest BCUT2D eigenvalue weighted by Gasteiger charge is 2.07. The first-order valence-electron chi connectivity index (χ1n) is 4.49. The average molecular weight is 273 g/mol. The highest BCUT2D eigenvalue weighted by atomic mass is 79.9. The van der Waals surface area contributed by atoms with Gasteiger partial charge in [-0.2, -0.15) is 0 Å². The number of carbonyl (C=O) groups excluding carboxylic acids is 1. The van der Waals surface area contributed by atoms with Crippen LogP contribution >= 0.6 is 15.9 Å². The number of aromatic nitrogens is 1. The SMILES string of the molecule is COc1nc(CNC(C)=O)cc(C)c1Br. The number of rotatable bonds is 3. The van der Waals surface area contributed by atoms with E-state index in [4.69, 9.17) is 4.74 Å². The van der Waals surface area contributed by atoms with Gasteiger partial charge in [0.1, 0.15) is 0 Å². The second-order valence-corrected chi connectivity index (χ2v) is 3.96. The number of amides is 1. The van der Waals surface area contributed by atoms with Gasteiger partial charge < -0.3 is 10.1 Å². The Labute approximate surface area is 97.2 Å². The first-order chi connectivity index (χ1) is 7.04. The summed E-state index contributed by atoms with van der Waals surface area (Å²) in [6.07, 6.45) is 0. The van der Waals surface area contributed by atoms with E-state index in [1.54, 1.807) is 7.11 Å². The lowest BCUT2D eigenvalue weighted by atomic mass is 10.2. The van der Waals surface area contributed by atoms with Crippen molar-refractivity contribution in [1.82, 2.24) is 10.3 Å². The number of ether oxygens (including phenoxy) is 1. The van der Waals surface area contributed by atoms with Crippen LogP contribution in [0.3, 0.4) is 0 Å². The van der Waals surface area contributed by atoms with Crippen molar-refractivity contribution in [3.05, 3.63) is 21.8 Å². The second kappa shape index (κ2) is 5.11. The lowest BCUT2D eigenvalue weighted by Crippen LogP contribution is -2.19. The molecule has 0 radical (unpaired) electrons. The lowest BCUT2D eigenvalue weighted by molar-refractivity contribution is -0.119. The fourth-order valence-electron chi connectivity index (χ4n) is 1.13. The molecule has 1 aromatic heterocycles. The van der Waals surface area contributed by atoms with Crippen LogP contribution in [0, 0.1) is 6.92 Å². The average Bonchev–Trinajstić information content (AvgIpc) is 2.19. The molecule has 82 valence electrons. The molecule has 1 rings (SSSR count). The minimum Gasteiger partial charge on any atom is -0.480 e. The fourth-order valence-corrected chi connectivity index (χ4v) is 1.50. The van der Waals surface area contributed by atoms with E-state index >= 15 is 0 Å². The Balaban J connectivity index is 2.90. The maximum atomic E-state index is 10.7. The number of hydrogen-bond acceptors (Lipinski definition) is 3. The van der Waals surface area contributed by atoms with E-state index in [0.717, 1.165) is 15.7 Å². The maximum Gasteiger partial charge on any atom is 0.228 e. The van der Waals surface area contributed by atoms with Gasteiger partial charge in [-0.25, -0.2) is 4.98 Å². The van der Waals surface area contributed by atoms with Gasteiger partial charge in [-0.1, -0.05) is 0 Å². The molecule has 0 atom stereocenters. The molecule has 0 saturated carbocycles. The normalized spacial score (nSPS) is 9.87. The highest BCUT2D eigenvalue weighted by molar-refractivity contribution is 9.10. The van der Waals surface area contributed by atoms with Crippen LogP contribution in [0.4, 0.5) is 0 Å². The van der Waals surface area contributed by atoms with Gasteiger partial charge in [0.15, 0.2) is 0 Å². The summed E-state index contributed by atoms with van der Waals surface area (Å²) in [5.74, 6) is 0.465. The van der Waals surface area contributed by atoms with E-state index in [0.29, 0.717) is 12.4 Å². The maximum absolute atomic E-state index is 10.7. The van der Waals surface area contributed by atoms with E-state index in [2.05, 4.69) is 26.2 Å². The van der Waals surface area contributed by atoms with E-state index in [1.807, 2.05) is 13.0 Å². The number of carbonyl (C=O) groups is 1. The van der Waals surface area contributed by atoms with Crippen molar-refractivity contribution in [2.24, 2.45) is 0 Å². The Kier molecular flexibility index (Phi) is 4.08. The Hall–Kier alpha value is -1.10. The summed E-state index contributed by atoms with van der Waals surface area (Å²) < 4.78 is 5.95. The van der Waals surface area contributed by atoms with Gasteiger partial charge >= 0.3 is 0 Å². The summed E-state index contributed by atoms with van der Waals surface area (Å²) in [5.41, 5.74) is 1.81. The predicted molar refractivity (Wildman–Crippen MR) is 60.7 cm³/mol. The van der Waals surface area contributed by atoms with Crippen LogP contribution < -0.4 is 10.1 Å². The molecular formula is C10H13BrN2O2. The van der Waals surface area contributed by atoms with Crippen molar-refractivity contribution in [2.75, 3.05) is 7.11 Å². The van der Waals surface area contributed by atoms with Crippen molar-refractivity contribution in [1.29, 1.82) is 0 Å². The van der Waals surface area contributed by atoms with Crippen LogP contribution in [0.15, 0.2) is 10.5 Å². The van der Waals surface area contributed by atoms with E-state index in [9.17, 15) is 4.79 Å². The molecule has 0 aliphatic heterocycles. The molecule has 0 spiro atoms. The summed E-state index contributed by atoms with van der Waals surface area (Å²) in [6, 6.07) is 1.91.